The molecule has 0 aliphatic carbocycles. The Hall–Kier alpha value is -0.830. The van der Waals surface area contributed by atoms with Gasteiger partial charge in [-0.2, -0.15) is 0 Å². The number of carboxylic acid groups (broad SMARTS) is 1. The topological polar surface area (TPSA) is 37.3 Å². The first kappa shape index (κ1) is 12.2. The molecule has 0 atom stereocenters. The predicted molar refractivity (Wildman–Crippen MR) is 64.7 cm³/mol. The maximum Gasteiger partial charge on any atom is 0.335 e. The minimum atomic E-state index is -0.851. The molecule has 1 rings (SSSR count). The van der Waals surface area contributed by atoms with Gasteiger partial charge in [0.25, 0.3) is 0 Å². The van der Waals surface area contributed by atoms with E-state index < -0.39 is 5.97 Å². The van der Waals surface area contributed by atoms with Gasteiger partial charge >= 0.3 is 5.97 Å². The molecule has 0 aromatic heterocycles. The van der Waals surface area contributed by atoms with Gasteiger partial charge in [-0.1, -0.05) is 48.0 Å². The van der Waals surface area contributed by atoms with Crippen LogP contribution in [0, 0.1) is 5.41 Å². The molecule has 0 aliphatic rings. The van der Waals surface area contributed by atoms with Gasteiger partial charge in [0.15, 0.2) is 0 Å². The molecule has 0 unspecified atom stereocenters. The summed E-state index contributed by atoms with van der Waals surface area (Å²) in [7, 11) is 0. The monoisotopic (exact) mass is 270 g/mol. The number of rotatable bonds is 4. The highest BCUT2D eigenvalue weighted by molar-refractivity contribution is 9.09. The fraction of sp³-hybridized carbons (Fsp3) is 0.417. The predicted octanol–water partition coefficient (Wildman–Crippen LogP) is 3.35. The number of hydrogen-bond acceptors (Lipinski definition) is 1. The molecule has 2 nitrogen and oxygen atoms in total. The number of aromatic carboxylic acids is 1. The lowest BCUT2D eigenvalue weighted by Gasteiger charge is -2.22. The van der Waals surface area contributed by atoms with E-state index in [2.05, 4.69) is 29.8 Å². The lowest BCUT2D eigenvalue weighted by atomic mass is 9.86. The molecule has 0 radical (unpaired) electrons. The Morgan fingerprint density at radius 3 is 2.53 bits per heavy atom. The maximum absolute atomic E-state index is 11.0. The largest absolute Gasteiger partial charge is 0.478 e. The van der Waals surface area contributed by atoms with Crippen LogP contribution in [0.5, 0.6) is 0 Å². The summed E-state index contributed by atoms with van der Waals surface area (Å²) in [6, 6.07) is 7.18. The van der Waals surface area contributed by atoms with E-state index in [0.717, 1.165) is 17.3 Å². The van der Waals surface area contributed by atoms with Gasteiger partial charge in [0, 0.05) is 5.33 Å². The van der Waals surface area contributed by atoms with Crippen molar-refractivity contribution in [2.45, 2.75) is 20.3 Å². The standard InChI is InChI=1S/C12H15BrO2/c1-12(2,8-13)7-9-5-3-4-6-10(9)11(14)15/h3-6H,7-8H2,1-2H3,(H,14,15). The van der Waals surface area contributed by atoms with E-state index in [1.54, 1.807) is 12.1 Å². The fourth-order valence-corrected chi connectivity index (χ4v) is 1.64. The summed E-state index contributed by atoms with van der Waals surface area (Å²) in [6.07, 6.45) is 0.765. The van der Waals surface area contributed by atoms with Crippen molar-refractivity contribution in [1.82, 2.24) is 0 Å². The molecule has 0 heterocycles. The Bertz CT molecular complexity index is 358. The molecule has 0 saturated carbocycles. The van der Waals surface area contributed by atoms with Gasteiger partial charge in [0.2, 0.25) is 0 Å². The third-order valence-corrected chi connectivity index (χ3v) is 3.80. The normalized spacial score (nSPS) is 11.4. The van der Waals surface area contributed by atoms with Crippen LogP contribution in [0.15, 0.2) is 24.3 Å². The van der Waals surface area contributed by atoms with Crippen LogP contribution in [0.2, 0.25) is 0 Å². The Morgan fingerprint density at radius 2 is 2.00 bits per heavy atom. The molecule has 0 saturated heterocycles. The average Bonchev–Trinajstić information content (AvgIpc) is 2.18. The van der Waals surface area contributed by atoms with E-state index in [0.29, 0.717) is 5.56 Å². The second-order valence-corrected chi connectivity index (χ2v) is 5.00. The third-order valence-electron chi connectivity index (χ3n) is 2.28. The van der Waals surface area contributed by atoms with E-state index >= 15 is 0 Å². The lowest BCUT2D eigenvalue weighted by molar-refractivity contribution is 0.0695. The van der Waals surface area contributed by atoms with E-state index in [4.69, 9.17) is 5.11 Å². The Balaban J connectivity index is 2.99. The molecule has 0 fully saturated rings. The Kier molecular flexibility index (Phi) is 3.91. The summed E-state index contributed by atoms with van der Waals surface area (Å²) in [5.41, 5.74) is 1.38. The Labute approximate surface area is 98.4 Å². The van der Waals surface area contributed by atoms with E-state index in [-0.39, 0.29) is 5.41 Å². The maximum atomic E-state index is 11.0. The van der Waals surface area contributed by atoms with E-state index in [1.165, 1.54) is 0 Å². The molecule has 0 bridgehead atoms. The second-order valence-electron chi connectivity index (χ2n) is 4.44. The number of carboxylic acids is 1. The van der Waals surface area contributed by atoms with E-state index in [1.807, 2.05) is 12.1 Å². The molecule has 0 amide bonds. The SMILES string of the molecule is CC(C)(CBr)Cc1ccccc1C(=O)O. The van der Waals surface area contributed by atoms with Crippen LogP contribution < -0.4 is 0 Å². The van der Waals surface area contributed by atoms with E-state index in [9.17, 15) is 4.79 Å². The summed E-state index contributed by atoms with van der Waals surface area (Å²) in [4.78, 5) is 11.0. The van der Waals surface area contributed by atoms with Gasteiger partial charge in [0.05, 0.1) is 5.56 Å². The number of halogens is 1. The summed E-state index contributed by atoms with van der Waals surface area (Å²) < 4.78 is 0. The summed E-state index contributed by atoms with van der Waals surface area (Å²) in [5, 5.41) is 9.88. The van der Waals surface area contributed by atoms with Crippen molar-refractivity contribution in [3.63, 3.8) is 0 Å². The van der Waals surface area contributed by atoms with Gasteiger partial charge in [-0.25, -0.2) is 4.79 Å². The van der Waals surface area contributed by atoms with Gasteiger partial charge in [-0.05, 0) is 23.5 Å². The molecular weight excluding hydrogens is 256 g/mol. The number of alkyl halides is 1. The highest BCUT2D eigenvalue weighted by Crippen LogP contribution is 2.25. The van der Waals surface area contributed by atoms with Crippen LogP contribution >= 0.6 is 15.9 Å². The lowest BCUT2D eigenvalue weighted by Crippen LogP contribution is -2.18. The van der Waals surface area contributed by atoms with Crippen molar-refractivity contribution in [2.75, 3.05) is 5.33 Å². The smallest absolute Gasteiger partial charge is 0.335 e. The number of hydrogen-bond donors (Lipinski definition) is 1. The van der Waals surface area contributed by atoms with Crippen molar-refractivity contribution in [2.24, 2.45) is 5.41 Å². The second kappa shape index (κ2) is 4.79. The zero-order chi connectivity index (χ0) is 11.5. The zero-order valence-corrected chi connectivity index (χ0v) is 10.5. The van der Waals surface area contributed by atoms with Gasteiger partial charge < -0.3 is 5.11 Å². The fourth-order valence-electron chi connectivity index (χ4n) is 1.45. The molecular formula is C12H15BrO2. The molecule has 15 heavy (non-hydrogen) atoms. The average molecular weight is 271 g/mol. The van der Waals surface area contributed by atoms with Crippen molar-refractivity contribution in [3.05, 3.63) is 35.4 Å². The first-order valence-corrected chi connectivity index (χ1v) is 5.95. The minimum absolute atomic E-state index is 0.0750. The van der Waals surface area contributed by atoms with Crippen molar-refractivity contribution < 1.29 is 9.90 Å². The highest BCUT2D eigenvalue weighted by atomic mass is 79.9. The third kappa shape index (κ3) is 3.34. The number of benzene rings is 1. The van der Waals surface area contributed by atoms with Crippen LogP contribution in [-0.2, 0) is 6.42 Å². The van der Waals surface area contributed by atoms with Crippen LogP contribution in [0.3, 0.4) is 0 Å². The molecule has 3 heteroatoms. The Morgan fingerprint density at radius 1 is 1.40 bits per heavy atom. The van der Waals surface area contributed by atoms with Crippen molar-refractivity contribution in [3.8, 4) is 0 Å². The van der Waals surface area contributed by atoms with Crippen LogP contribution in [0.1, 0.15) is 29.8 Å². The highest BCUT2D eigenvalue weighted by Gasteiger charge is 2.20. The number of carbonyl (C=O) groups is 1. The van der Waals surface area contributed by atoms with Crippen molar-refractivity contribution in [1.29, 1.82) is 0 Å². The molecule has 0 aliphatic heterocycles. The van der Waals surface area contributed by atoms with Gasteiger partial charge in [0.1, 0.15) is 0 Å². The van der Waals surface area contributed by atoms with Crippen LogP contribution in [0.4, 0.5) is 0 Å². The molecule has 1 aromatic carbocycles. The van der Waals surface area contributed by atoms with Gasteiger partial charge in [-0.3, -0.25) is 0 Å². The van der Waals surface area contributed by atoms with Crippen molar-refractivity contribution >= 4 is 21.9 Å². The molecule has 1 N–H and O–H groups in total. The molecule has 0 spiro atoms. The summed E-state index contributed by atoms with van der Waals surface area (Å²) in [5.74, 6) is -0.851. The molecule has 1 aromatic rings. The minimum Gasteiger partial charge on any atom is -0.478 e. The molecule has 82 valence electrons. The van der Waals surface area contributed by atoms with Crippen LogP contribution in [-0.4, -0.2) is 16.4 Å². The van der Waals surface area contributed by atoms with Crippen LogP contribution in [0.25, 0.3) is 0 Å². The zero-order valence-electron chi connectivity index (χ0n) is 8.96. The quantitative estimate of drug-likeness (QED) is 0.853. The first-order valence-electron chi connectivity index (χ1n) is 4.83. The first-order chi connectivity index (χ1) is 6.96. The summed E-state index contributed by atoms with van der Waals surface area (Å²) in [6.45, 7) is 4.22. The van der Waals surface area contributed by atoms with Gasteiger partial charge in [-0.15, -0.1) is 0 Å². The summed E-state index contributed by atoms with van der Waals surface area (Å²) >= 11 is 3.44.